The molecule has 0 spiro atoms. The van der Waals surface area contributed by atoms with Gasteiger partial charge in [0.1, 0.15) is 17.8 Å². The molecule has 0 aliphatic carbocycles. The average Bonchev–Trinajstić information content (AvgIpc) is 3.08. The molecule has 6 nitrogen and oxygen atoms in total. The SMILES string of the molecule is Cc1cc(N(C)C2CCN(C(=O)c3cscn3)CC2)ncn1. The van der Waals surface area contributed by atoms with Gasteiger partial charge in [-0.25, -0.2) is 15.0 Å². The molecule has 1 aliphatic rings. The van der Waals surface area contributed by atoms with Crippen LogP contribution in [-0.4, -0.2) is 51.9 Å². The molecule has 0 atom stereocenters. The molecule has 3 rings (SSSR count). The molecule has 0 unspecified atom stereocenters. The van der Waals surface area contributed by atoms with E-state index in [1.807, 2.05) is 23.3 Å². The number of aryl methyl sites for hydroxylation is 1. The number of amides is 1. The Bertz CT molecular complexity index is 637. The fourth-order valence-electron chi connectivity index (χ4n) is 2.76. The molecular formula is C15H19N5OS. The van der Waals surface area contributed by atoms with Crippen LogP contribution in [0.15, 0.2) is 23.3 Å². The van der Waals surface area contributed by atoms with Gasteiger partial charge in [0.2, 0.25) is 0 Å². The van der Waals surface area contributed by atoms with Crippen LogP contribution in [0.25, 0.3) is 0 Å². The Labute approximate surface area is 133 Å². The highest BCUT2D eigenvalue weighted by Gasteiger charge is 2.27. The first-order chi connectivity index (χ1) is 10.6. The van der Waals surface area contributed by atoms with Gasteiger partial charge in [-0.1, -0.05) is 0 Å². The van der Waals surface area contributed by atoms with E-state index in [9.17, 15) is 4.79 Å². The summed E-state index contributed by atoms with van der Waals surface area (Å²) < 4.78 is 0. The third kappa shape index (κ3) is 3.09. The number of aromatic nitrogens is 3. The normalized spacial score (nSPS) is 15.8. The summed E-state index contributed by atoms with van der Waals surface area (Å²) in [6, 6.07) is 2.39. The van der Waals surface area contributed by atoms with E-state index in [4.69, 9.17) is 0 Å². The van der Waals surface area contributed by atoms with Crippen LogP contribution in [0.5, 0.6) is 0 Å². The van der Waals surface area contributed by atoms with Crippen LogP contribution in [-0.2, 0) is 0 Å². The molecule has 0 N–H and O–H groups in total. The molecule has 0 radical (unpaired) electrons. The quantitative estimate of drug-likeness (QED) is 0.866. The zero-order valence-electron chi connectivity index (χ0n) is 12.8. The molecule has 2 aromatic heterocycles. The van der Waals surface area contributed by atoms with Crippen LogP contribution in [0.4, 0.5) is 5.82 Å². The van der Waals surface area contributed by atoms with Gasteiger partial charge in [0.15, 0.2) is 0 Å². The Hall–Kier alpha value is -2.02. The van der Waals surface area contributed by atoms with Crippen molar-refractivity contribution < 1.29 is 4.79 Å². The smallest absolute Gasteiger partial charge is 0.273 e. The van der Waals surface area contributed by atoms with Gasteiger partial charge in [-0.15, -0.1) is 11.3 Å². The topological polar surface area (TPSA) is 62.2 Å². The number of carbonyl (C=O) groups is 1. The number of hydrogen-bond donors (Lipinski definition) is 0. The lowest BCUT2D eigenvalue weighted by atomic mass is 10.0. The number of piperidine rings is 1. The summed E-state index contributed by atoms with van der Waals surface area (Å²) in [4.78, 5) is 28.9. The summed E-state index contributed by atoms with van der Waals surface area (Å²) in [5.41, 5.74) is 3.22. The largest absolute Gasteiger partial charge is 0.356 e. The third-order valence-corrected chi connectivity index (χ3v) is 4.69. The first-order valence-electron chi connectivity index (χ1n) is 7.34. The molecule has 1 saturated heterocycles. The van der Waals surface area contributed by atoms with Crippen LogP contribution >= 0.6 is 11.3 Å². The Balaban J connectivity index is 1.61. The number of thiazole rings is 1. The van der Waals surface area contributed by atoms with Gasteiger partial charge < -0.3 is 9.80 Å². The Morgan fingerprint density at radius 3 is 2.73 bits per heavy atom. The van der Waals surface area contributed by atoms with Crippen molar-refractivity contribution in [2.45, 2.75) is 25.8 Å². The van der Waals surface area contributed by atoms with E-state index in [-0.39, 0.29) is 5.91 Å². The maximum absolute atomic E-state index is 12.3. The first kappa shape index (κ1) is 14.9. The Morgan fingerprint density at radius 1 is 1.32 bits per heavy atom. The lowest BCUT2D eigenvalue weighted by Crippen LogP contribution is -2.46. The molecule has 0 aromatic carbocycles. The van der Waals surface area contributed by atoms with Crippen molar-refractivity contribution in [3.8, 4) is 0 Å². The van der Waals surface area contributed by atoms with Crippen molar-refractivity contribution in [2.24, 2.45) is 0 Å². The number of hydrogen-bond acceptors (Lipinski definition) is 6. The van der Waals surface area contributed by atoms with E-state index in [0.29, 0.717) is 11.7 Å². The van der Waals surface area contributed by atoms with Crippen LogP contribution < -0.4 is 4.90 Å². The molecule has 22 heavy (non-hydrogen) atoms. The van der Waals surface area contributed by atoms with Crippen molar-refractivity contribution in [3.05, 3.63) is 34.7 Å². The number of rotatable bonds is 3. The number of likely N-dealkylation sites (tertiary alicyclic amines) is 1. The minimum Gasteiger partial charge on any atom is -0.356 e. The summed E-state index contributed by atoms with van der Waals surface area (Å²) in [5, 5.41) is 1.81. The number of carbonyl (C=O) groups excluding carboxylic acids is 1. The molecule has 3 heterocycles. The van der Waals surface area contributed by atoms with Gasteiger partial charge in [0.25, 0.3) is 5.91 Å². The second kappa shape index (κ2) is 6.39. The minimum absolute atomic E-state index is 0.0419. The van der Waals surface area contributed by atoms with Gasteiger partial charge in [-0.3, -0.25) is 4.79 Å². The van der Waals surface area contributed by atoms with Crippen molar-refractivity contribution in [1.29, 1.82) is 0 Å². The van der Waals surface area contributed by atoms with Gasteiger partial charge in [-0.05, 0) is 19.8 Å². The van der Waals surface area contributed by atoms with Crippen LogP contribution in [0, 0.1) is 6.92 Å². The van der Waals surface area contributed by atoms with Crippen molar-refractivity contribution >= 4 is 23.1 Å². The van der Waals surface area contributed by atoms with Gasteiger partial charge >= 0.3 is 0 Å². The lowest BCUT2D eigenvalue weighted by molar-refractivity contribution is 0.0708. The Kier molecular flexibility index (Phi) is 4.33. The first-order valence-corrected chi connectivity index (χ1v) is 8.28. The summed E-state index contributed by atoms with van der Waals surface area (Å²) in [5.74, 6) is 0.983. The minimum atomic E-state index is 0.0419. The van der Waals surface area contributed by atoms with Gasteiger partial charge in [-0.2, -0.15) is 0 Å². The molecule has 116 valence electrons. The maximum atomic E-state index is 12.3. The summed E-state index contributed by atoms with van der Waals surface area (Å²) in [6.45, 7) is 3.49. The zero-order chi connectivity index (χ0) is 15.5. The molecule has 0 bridgehead atoms. The standard InChI is InChI=1S/C15H19N5OS/c1-11-7-14(17-9-16-11)19(2)12-3-5-20(6-4-12)15(21)13-8-22-10-18-13/h7-10,12H,3-6H2,1-2H3. The zero-order valence-corrected chi connectivity index (χ0v) is 13.6. The van der Waals surface area contributed by atoms with E-state index in [1.165, 1.54) is 11.3 Å². The molecule has 1 amide bonds. The Morgan fingerprint density at radius 2 is 2.09 bits per heavy atom. The van der Waals surface area contributed by atoms with E-state index >= 15 is 0 Å². The molecular weight excluding hydrogens is 298 g/mol. The molecule has 2 aromatic rings. The maximum Gasteiger partial charge on any atom is 0.273 e. The van der Waals surface area contributed by atoms with Crippen molar-refractivity contribution in [1.82, 2.24) is 19.9 Å². The van der Waals surface area contributed by atoms with E-state index in [1.54, 1.807) is 11.8 Å². The number of anilines is 1. The highest BCUT2D eigenvalue weighted by atomic mass is 32.1. The second-order valence-electron chi connectivity index (χ2n) is 5.53. The summed E-state index contributed by atoms with van der Waals surface area (Å²) in [6.07, 6.45) is 3.48. The highest BCUT2D eigenvalue weighted by molar-refractivity contribution is 7.07. The monoisotopic (exact) mass is 317 g/mol. The average molecular weight is 317 g/mol. The predicted molar refractivity (Wildman–Crippen MR) is 86.2 cm³/mol. The molecule has 0 saturated carbocycles. The molecule has 1 fully saturated rings. The fourth-order valence-corrected chi connectivity index (χ4v) is 3.28. The molecule has 7 heteroatoms. The number of nitrogens with zero attached hydrogens (tertiary/aromatic N) is 5. The fraction of sp³-hybridized carbons (Fsp3) is 0.467. The van der Waals surface area contributed by atoms with Crippen molar-refractivity contribution in [2.75, 3.05) is 25.0 Å². The van der Waals surface area contributed by atoms with Crippen LogP contribution in [0.1, 0.15) is 29.0 Å². The lowest BCUT2D eigenvalue weighted by Gasteiger charge is -2.37. The van der Waals surface area contributed by atoms with E-state index in [0.717, 1.165) is 37.4 Å². The van der Waals surface area contributed by atoms with E-state index < -0.39 is 0 Å². The molecule has 1 aliphatic heterocycles. The highest BCUT2D eigenvalue weighted by Crippen LogP contribution is 2.21. The van der Waals surface area contributed by atoms with E-state index in [2.05, 4.69) is 26.9 Å². The van der Waals surface area contributed by atoms with Crippen molar-refractivity contribution in [3.63, 3.8) is 0 Å². The third-order valence-electron chi connectivity index (χ3n) is 4.10. The predicted octanol–water partition coefficient (Wildman–Crippen LogP) is 1.98. The summed E-state index contributed by atoms with van der Waals surface area (Å²) in [7, 11) is 2.06. The van der Waals surface area contributed by atoms with Gasteiger partial charge in [0.05, 0.1) is 5.51 Å². The van der Waals surface area contributed by atoms with Crippen LogP contribution in [0.3, 0.4) is 0 Å². The van der Waals surface area contributed by atoms with Crippen LogP contribution in [0.2, 0.25) is 0 Å². The summed E-state index contributed by atoms with van der Waals surface area (Å²) >= 11 is 1.45. The van der Waals surface area contributed by atoms with Gasteiger partial charge in [0, 0.05) is 43.3 Å². The second-order valence-corrected chi connectivity index (χ2v) is 6.24.